The van der Waals surface area contributed by atoms with Crippen molar-refractivity contribution in [1.29, 1.82) is 0 Å². The van der Waals surface area contributed by atoms with Gasteiger partial charge in [0.15, 0.2) is 0 Å². The molecule has 0 radical (unpaired) electrons. The van der Waals surface area contributed by atoms with E-state index < -0.39 is 16.1 Å². The molecule has 0 aromatic heterocycles. The van der Waals surface area contributed by atoms with E-state index in [1.165, 1.54) is 21.2 Å². The molecule has 0 spiro atoms. The van der Waals surface area contributed by atoms with E-state index in [0.29, 0.717) is 0 Å². The highest BCUT2D eigenvalue weighted by molar-refractivity contribution is 7.80. The van der Waals surface area contributed by atoms with Gasteiger partial charge in [0.1, 0.15) is 0 Å². The minimum atomic E-state index is -0.754. The van der Waals surface area contributed by atoms with Crippen LogP contribution in [0.3, 0.4) is 0 Å². The van der Waals surface area contributed by atoms with E-state index in [2.05, 4.69) is 114 Å². The molecule has 2 nitrogen and oxygen atoms in total. The molecule has 0 saturated carbocycles. The van der Waals surface area contributed by atoms with Crippen molar-refractivity contribution in [1.82, 2.24) is 9.56 Å². The maximum atomic E-state index is 3.45. The summed E-state index contributed by atoms with van der Waals surface area (Å²) in [5.74, 6) is 0. The van der Waals surface area contributed by atoms with E-state index in [1.807, 2.05) is 6.08 Å². The summed E-state index contributed by atoms with van der Waals surface area (Å²) in [6.45, 7) is 0. The molecule has 3 aliphatic rings. The first-order valence-electron chi connectivity index (χ1n) is 10.5. The van der Waals surface area contributed by atoms with Crippen molar-refractivity contribution in [3.63, 3.8) is 0 Å². The Morgan fingerprint density at radius 1 is 0.900 bits per heavy atom. The second kappa shape index (κ2) is 10.3. The first-order chi connectivity index (χ1) is 14.8. The predicted octanol–water partition coefficient (Wildman–Crippen LogP) is 7.12. The zero-order valence-electron chi connectivity index (χ0n) is 17.7. The average molecular weight is 430 g/mol. The lowest BCUT2D eigenvalue weighted by Gasteiger charge is -2.44. The average Bonchev–Trinajstić information content (AvgIpc) is 2.81. The zero-order valence-corrected chi connectivity index (χ0v) is 19.5. The number of allylic oxidation sites excluding steroid dienone is 12. The van der Waals surface area contributed by atoms with Gasteiger partial charge in [0.2, 0.25) is 0 Å². The molecule has 0 fully saturated rings. The maximum absolute atomic E-state index is 3.45. The Morgan fingerprint density at radius 2 is 1.77 bits per heavy atom. The van der Waals surface area contributed by atoms with Gasteiger partial charge in [-0.05, 0) is 53.8 Å². The van der Waals surface area contributed by atoms with Crippen molar-refractivity contribution in [3.8, 4) is 0 Å². The van der Waals surface area contributed by atoms with Gasteiger partial charge >= 0.3 is 0 Å². The normalized spacial score (nSPS) is 19.7. The number of rotatable bonds is 7. The van der Waals surface area contributed by atoms with Gasteiger partial charge in [-0.3, -0.25) is 0 Å². The first-order valence-corrected chi connectivity index (χ1v) is 13.1. The summed E-state index contributed by atoms with van der Waals surface area (Å²) in [4.78, 5) is 0. The third-order valence-electron chi connectivity index (χ3n) is 5.06. The monoisotopic (exact) mass is 430 g/mol. The molecule has 0 aliphatic heterocycles. The van der Waals surface area contributed by atoms with Crippen LogP contribution >= 0.6 is 16.1 Å². The summed E-state index contributed by atoms with van der Waals surface area (Å²) in [5, 5.41) is 7.88. The van der Waals surface area contributed by atoms with Crippen molar-refractivity contribution in [2.24, 2.45) is 0 Å². The molecule has 152 valence electrons. The Labute approximate surface area is 183 Å². The third kappa shape index (κ3) is 4.83. The summed E-state index contributed by atoms with van der Waals surface area (Å²) in [7, 11) is 2.94. The van der Waals surface area contributed by atoms with Crippen molar-refractivity contribution in [3.05, 3.63) is 112 Å². The lowest BCUT2D eigenvalue weighted by atomic mass is 10.2. The van der Waals surface area contributed by atoms with Crippen molar-refractivity contribution >= 4 is 21.4 Å². The van der Waals surface area contributed by atoms with Gasteiger partial charge in [-0.2, -0.15) is 4.55 Å². The molecule has 1 aromatic rings. The fraction of sp³-hybridized carbons (Fsp3) is 0.231. The van der Waals surface area contributed by atoms with Crippen LogP contribution in [0.15, 0.2) is 112 Å². The van der Waals surface area contributed by atoms with Crippen LogP contribution in [-0.4, -0.2) is 23.7 Å². The van der Waals surface area contributed by atoms with E-state index >= 15 is 0 Å². The number of benzene rings is 1. The van der Waals surface area contributed by atoms with Crippen LogP contribution in [0.25, 0.3) is 0 Å². The molecule has 0 heterocycles. The van der Waals surface area contributed by atoms with E-state index in [0.717, 1.165) is 25.7 Å². The fourth-order valence-electron chi connectivity index (χ4n) is 3.73. The Kier molecular flexibility index (Phi) is 7.33. The van der Waals surface area contributed by atoms with Gasteiger partial charge < -0.3 is 0 Å². The fourth-order valence-corrected chi connectivity index (χ4v) is 9.83. The van der Waals surface area contributed by atoms with Crippen LogP contribution in [0, 0.1) is 0 Å². The third-order valence-corrected chi connectivity index (χ3v) is 10.8. The molecular weight excluding hydrogens is 402 g/mol. The Balaban J connectivity index is 1.88. The molecule has 0 saturated heterocycles. The highest BCUT2D eigenvalue weighted by Gasteiger charge is 2.35. The largest absolute Gasteiger partial charge is 0.240 e. The van der Waals surface area contributed by atoms with Gasteiger partial charge in [-0.25, -0.2) is 5.01 Å². The topological polar surface area (TPSA) is 6.48 Å². The second-order valence-corrected chi connectivity index (χ2v) is 11.9. The van der Waals surface area contributed by atoms with Crippen LogP contribution in [0.1, 0.15) is 25.7 Å². The van der Waals surface area contributed by atoms with Gasteiger partial charge in [0.25, 0.3) is 0 Å². The molecule has 1 aromatic carbocycles. The number of nitrogens with zero attached hydrogens (tertiary/aromatic N) is 2. The Morgan fingerprint density at radius 3 is 2.40 bits per heavy atom. The highest BCUT2D eigenvalue weighted by Crippen LogP contribution is 2.68. The molecule has 0 amide bonds. The van der Waals surface area contributed by atoms with Crippen LogP contribution in [0.5, 0.6) is 0 Å². The maximum Gasteiger partial charge on any atom is 0.0572 e. The minimum absolute atomic E-state index is 0.675. The second-order valence-electron chi connectivity index (χ2n) is 7.49. The Hall–Kier alpha value is -2.00. The summed E-state index contributed by atoms with van der Waals surface area (Å²) in [6.07, 6.45) is 24.6. The molecule has 4 heteroatoms. The van der Waals surface area contributed by atoms with Gasteiger partial charge in [-0.15, -0.1) is 0 Å². The van der Waals surface area contributed by atoms with Crippen LogP contribution in [0.4, 0.5) is 0 Å². The quantitative estimate of drug-likeness (QED) is 0.258. The van der Waals surface area contributed by atoms with E-state index in [-0.39, 0.29) is 0 Å². The van der Waals surface area contributed by atoms with Crippen LogP contribution in [-0.2, 0) is 0 Å². The van der Waals surface area contributed by atoms with E-state index in [1.54, 1.807) is 0 Å². The Bertz CT molecular complexity index is 1010. The van der Waals surface area contributed by atoms with Crippen molar-refractivity contribution < 1.29 is 0 Å². The summed E-state index contributed by atoms with van der Waals surface area (Å²) in [5.41, 5.74) is 6.66. The molecule has 2 atom stereocenters. The number of hydrogen-bond donors (Lipinski definition) is 0. The standard InChI is InChI=1S/C26H28N2P2/c1-27(2)28(29(23-15-7-3-8-16-23)24-17-9-4-10-18-24)30(25-19-11-5-12-20-25)26-21-13-6-14-22-26/h3-5,7-9,11,13,15-17,19,21-22H,6,10,14,18H2,1-2H3. The molecule has 0 N–H and O–H groups in total. The van der Waals surface area contributed by atoms with Gasteiger partial charge in [0, 0.05) is 27.5 Å². The van der Waals surface area contributed by atoms with Gasteiger partial charge in [-0.1, -0.05) is 84.3 Å². The molecule has 4 rings (SSSR count). The molecule has 0 bridgehead atoms. The van der Waals surface area contributed by atoms with Crippen molar-refractivity contribution in [2.45, 2.75) is 25.7 Å². The molecular formula is C26H28N2P2. The molecule has 2 unspecified atom stereocenters. The lowest BCUT2D eigenvalue weighted by Crippen LogP contribution is -2.32. The number of hydrazine groups is 1. The smallest absolute Gasteiger partial charge is 0.0572 e. The highest BCUT2D eigenvalue weighted by atomic mass is 31.2. The zero-order chi connectivity index (χ0) is 20.8. The predicted molar refractivity (Wildman–Crippen MR) is 133 cm³/mol. The molecule has 30 heavy (non-hydrogen) atoms. The van der Waals surface area contributed by atoms with Gasteiger partial charge in [0.05, 0.1) is 8.07 Å². The van der Waals surface area contributed by atoms with E-state index in [9.17, 15) is 0 Å². The summed E-state index contributed by atoms with van der Waals surface area (Å²) in [6, 6.07) is 11.0. The summed E-state index contributed by atoms with van der Waals surface area (Å²) < 4.78 is 2.64. The number of hydrogen-bond acceptors (Lipinski definition) is 2. The first kappa shape index (κ1) is 21.2. The lowest BCUT2D eigenvalue weighted by molar-refractivity contribution is 0.247. The minimum Gasteiger partial charge on any atom is -0.240 e. The van der Waals surface area contributed by atoms with Crippen molar-refractivity contribution in [2.75, 3.05) is 14.1 Å². The van der Waals surface area contributed by atoms with Crippen LogP contribution in [0.2, 0.25) is 0 Å². The SMILES string of the molecule is CN(C)N(P(C1=C=C=CC=C1)C1=CCCC=C1)P(C1=CC=CCC1)c1ccccc1. The molecule has 3 aliphatic carbocycles. The summed E-state index contributed by atoms with van der Waals surface area (Å²) >= 11 is 0. The van der Waals surface area contributed by atoms with Crippen LogP contribution < -0.4 is 5.30 Å². The van der Waals surface area contributed by atoms with E-state index in [4.69, 9.17) is 0 Å².